The number of hydrogen-bond acceptors (Lipinski definition) is 7. The van der Waals surface area contributed by atoms with Gasteiger partial charge >= 0.3 is 5.97 Å². The molecule has 0 amide bonds. The number of rotatable bonds is 6. The van der Waals surface area contributed by atoms with Crippen LogP contribution in [0.3, 0.4) is 0 Å². The van der Waals surface area contributed by atoms with Crippen LogP contribution in [0.5, 0.6) is 0 Å². The van der Waals surface area contributed by atoms with Crippen LogP contribution in [0.25, 0.3) is 5.69 Å². The normalized spacial score (nSPS) is 16.7. The van der Waals surface area contributed by atoms with Crippen LogP contribution in [0.1, 0.15) is 39.6 Å². The number of ether oxygens (including phenoxy) is 1. The van der Waals surface area contributed by atoms with Gasteiger partial charge in [0.15, 0.2) is 5.11 Å². The Morgan fingerprint density at radius 1 is 1.23 bits per heavy atom. The smallest absolute Gasteiger partial charge is 0.337 e. The lowest BCUT2D eigenvalue weighted by molar-refractivity contribution is 0.0601. The Bertz CT molecular complexity index is 1290. The largest absolute Gasteiger partial charge is 0.733 e. The van der Waals surface area contributed by atoms with Crippen molar-refractivity contribution in [1.29, 1.82) is 0 Å². The van der Waals surface area contributed by atoms with E-state index in [1.165, 1.54) is 7.11 Å². The molecule has 10 heteroatoms. The monoisotopic (exact) mass is 492 g/mol. The summed E-state index contributed by atoms with van der Waals surface area (Å²) in [7, 11) is 1.34. The quantitative estimate of drug-likeness (QED) is 0.200. The Kier molecular flexibility index (Phi) is 7.15. The Hall–Kier alpha value is -3.73. The molecule has 3 aromatic rings. The lowest BCUT2D eigenvalue weighted by atomic mass is 9.96. The fourth-order valence-corrected chi connectivity index (χ4v) is 4.70. The van der Waals surface area contributed by atoms with Crippen molar-refractivity contribution in [2.45, 2.75) is 32.2 Å². The summed E-state index contributed by atoms with van der Waals surface area (Å²) in [5.74, 6) is -0.304. The first-order chi connectivity index (χ1) is 16.8. The molecule has 0 bridgehead atoms. The van der Waals surface area contributed by atoms with Gasteiger partial charge in [0.1, 0.15) is 0 Å². The molecule has 9 nitrogen and oxygen atoms in total. The number of thiocarbonyl (C=S) groups is 1. The molecule has 0 aliphatic heterocycles. The number of anilines is 2. The summed E-state index contributed by atoms with van der Waals surface area (Å²) in [4.78, 5) is 11.8. The number of methoxy groups -OCH3 is 1. The molecule has 4 rings (SSSR count). The van der Waals surface area contributed by atoms with Crippen LogP contribution in [-0.2, 0) is 4.74 Å². The Balaban J connectivity index is 1.45. The van der Waals surface area contributed by atoms with Crippen molar-refractivity contribution < 1.29 is 14.7 Å². The second-order valence-electron chi connectivity index (χ2n) is 8.26. The van der Waals surface area contributed by atoms with Gasteiger partial charge in [0, 0.05) is 28.9 Å². The number of aryl methyl sites for hydroxylation is 1. The van der Waals surface area contributed by atoms with Crippen LogP contribution >= 0.6 is 12.2 Å². The number of nitrogens with one attached hydrogen (secondary N) is 2. The van der Waals surface area contributed by atoms with Gasteiger partial charge in [0.2, 0.25) is 0 Å². The highest BCUT2D eigenvalue weighted by molar-refractivity contribution is 7.80. The van der Waals surface area contributed by atoms with Crippen molar-refractivity contribution in [2.75, 3.05) is 17.7 Å². The Labute approximate surface area is 208 Å². The molecule has 0 saturated heterocycles. The van der Waals surface area contributed by atoms with Gasteiger partial charge in [-0.05, 0) is 62.8 Å². The van der Waals surface area contributed by atoms with Gasteiger partial charge in [-0.25, -0.2) is 9.48 Å². The summed E-state index contributed by atoms with van der Waals surface area (Å²) in [6.07, 6.45) is 4.96. The van der Waals surface area contributed by atoms with Crippen LogP contribution in [-0.4, -0.2) is 39.2 Å². The minimum atomic E-state index is -0.412. The number of benzene rings is 2. The van der Waals surface area contributed by atoms with Gasteiger partial charge in [-0.2, -0.15) is 5.10 Å². The van der Waals surface area contributed by atoms with E-state index in [0.29, 0.717) is 22.1 Å². The van der Waals surface area contributed by atoms with E-state index in [-0.39, 0.29) is 22.9 Å². The highest BCUT2D eigenvalue weighted by atomic mass is 32.1. The summed E-state index contributed by atoms with van der Waals surface area (Å²) in [6.45, 7) is 3.89. The Morgan fingerprint density at radius 3 is 2.74 bits per heavy atom. The molecule has 2 atom stereocenters. The maximum absolute atomic E-state index is 11.8. The molecule has 0 unspecified atom stereocenters. The van der Waals surface area contributed by atoms with Gasteiger partial charge in [0.05, 0.1) is 29.7 Å². The molecule has 2 aromatic carbocycles. The second-order valence-corrected chi connectivity index (χ2v) is 8.67. The second kappa shape index (κ2) is 10.3. The number of esters is 1. The van der Waals surface area contributed by atoms with E-state index in [4.69, 9.17) is 17.0 Å². The third-order valence-electron chi connectivity index (χ3n) is 5.98. The molecule has 1 aliphatic carbocycles. The van der Waals surface area contributed by atoms with E-state index >= 15 is 0 Å². The van der Waals surface area contributed by atoms with Crippen LogP contribution in [0, 0.1) is 19.1 Å². The lowest BCUT2D eigenvalue weighted by Gasteiger charge is -2.24. The van der Waals surface area contributed by atoms with E-state index in [1.807, 2.05) is 19.9 Å². The first kappa shape index (κ1) is 24.4. The van der Waals surface area contributed by atoms with E-state index in [0.717, 1.165) is 23.4 Å². The van der Waals surface area contributed by atoms with Crippen molar-refractivity contribution in [3.05, 3.63) is 88.4 Å². The molecule has 0 fully saturated rings. The van der Waals surface area contributed by atoms with Gasteiger partial charge in [-0.3, -0.25) is 5.21 Å². The van der Waals surface area contributed by atoms with Crippen molar-refractivity contribution in [1.82, 2.24) is 15.1 Å². The maximum Gasteiger partial charge on any atom is 0.337 e. The minimum absolute atomic E-state index is 0.00722. The SMILES string of the molecule is COC(=O)c1cccc(NC(=S)N[C@@H]2C=C[C@H](c3c(C)nn(-c4ccccc4N([O-])O)c3C)C2)c1. The van der Waals surface area contributed by atoms with Gasteiger partial charge in [0.25, 0.3) is 0 Å². The zero-order valence-electron chi connectivity index (χ0n) is 19.6. The molecule has 1 aromatic heterocycles. The lowest BCUT2D eigenvalue weighted by Crippen LogP contribution is -2.35. The molecule has 1 aliphatic rings. The molecular formula is C25H26N5O4S-. The number of carbonyl (C=O) groups excluding carboxylic acids is 1. The molecule has 1 heterocycles. The molecule has 35 heavy (non-hydrogen) atoms. The van der Waals surface area contributed by atoms with Crippen molar-refractivity contribution in [3.63, 3.8) is 0 Å². The minimum Gasteiger partial charge on any atom is -0.733 e. The fourth-order valence-electron chi connectivity index (χ4n) is 4.43. The molecule has 3 N–H and O–H groups in total. The third-order valence-corrected chi connectivity index (χ3v) is 6.20. The summed E-state index contributed by atoms with van der Waals surface area (Å²) in [5.41, 5.74) is 4.57. The number of hydrogen-bond donors (Lipinski definition) is 3. The predicted octanol–water partition coefficient (Wildman–Crippen LogP) is 4.37. The van der Waals surface area contributed by atoms with Crippen LogP contribution < -0.4 is 15.9 Å². The van der Waals surface area contributed by atoms with Crippen molar-refractivity contribution in [2.24, 2.45) is 0 Å². The number of para-hydroxylation sites is 2. The maximum atomic E-state index is 11.8. The molecular weight excluding hydrogens is 466 g/mol. The first-order valence-corrected chi connectivity index (χ1v) is 11.4. The van der Waals surface area contributed by atoms with Crippen molar-refractivity contribution in [3.8, 4) is 5.69 Å². The number of carbonyl (C=O) groups is 1. The summed E-state index contributed by atoms with van der Waals surface area (Å²) in [5, 5.41) is 32.5. The number of aromatic nitrogens is 2. The van der Waals surface area contributed by atoms with Gasteiger partial charge in [-0.15, -0.1) is 0 Å². The molecule has 0 spiro atoms. The first-order valence-electron chi connectivity index (χ1n) is 11.0. The number of nitrogens with zero attached hydrogens (tertiary/aromatic N) is 3. The zero-order valence-corrected chi connectivity index (χ0v) is 20.4. The predicted molar refractivity (Wildman–Crippen MR) is 138 cm³/mol. The van der Waals surface area contributed by atoms with E-state index in [1.54, 1.807) is 47.1 Å². The topological polar surface area (TPSA) is 115 Å². The summed E-state index contributed by atoms with van der Waals surface area (Å²) >= 11 is 5.48. The van der Waals surface area contributed by atoms with Crippen molar-refractivity contribution >= 4 is 34.7 Å². The van der Waals surface area contributed by atoms with Crippen LogP contribution in [0.4, 0.5) is 11.4 Å². The van der Waals surface area contributed by atoms with Crippen LogP contribution in [0.15, 0.2) is 60.7 Å². The standard InChI is InChI=1S/C25H26N5O4S/c1-15-23(16(2)29(28-15)21-9-4-5-10-22(21)30(32)33)17-11-12-20(13-17)27-25(35)26-19-8-6-7-18(14-19)24(31)34-3/h4-12,14,17,20,32H,13H2,1-3H3,(H2,26,27,35)/q-1/t17-,20+/m0/s1. The van der Waals surface area contributed by atoms with E-state index < -0.39 is 5.97 Å². The molecule has 0 saturated carbocycles. The van der Waals surface area contributed by atoms with Gasteiger partial charge in [-0.1, -0.05) is 30.4 Å². The molecule has 0 radical (unpaired) electrons. The molecule has 182 valence electrons. The van der Waals surface area contributed by atoms with E-state index in [9.17, 15) is 15.2 Å². The zero-order chi connectivity index (χ0) is 25.1. The highest BCUT2D eigenvalue weighted by Crippen LogP contribution is 2.35. The fraction of sp³-hybridized carbons (Fsp3) is 0.240. The Morgan fingerprint density at radius 2 is 2.00 bits per heavy atom. The van der Waals surface area contributed by atoms with E-state index in [2.05, 4.69) is 27.9 Å². The number of allylic oxidation sites excluding steroid dienone is 1. The average Bonchev–Trinajstić information content (AvgIpc) is 3.41. The average molecular weight is 493 g/mol. The van der Waals surface area contributed by atoms with Gasteiger partial charge < -0.3 is 25.8 Å². The van der Waals surface area contributed by atoms with Crippen LogP contribution in [0.2, 0.25) is 0 Å². The summed E-state index contributed by atoms with van der Waals surface area (Å²) < 4.78 is 6.45. The third kappa shape index (κ3) is 5.19. The highest BCUT2D eigenvalue weighted by Gasteiger charge is 2.27. The summed E-state index contributed by atoms with van der Waals surface area (Å²) in [6, 6.07) is 13.7.